The van der Waals surface area contributed by atoms with Crippen LogP contribution < -0.4 is 4.72 Å². The Balaban J connectivity index is 3.16. The lowest BCUT2D eigenvalue weighted by atomic mass is 10.3. The van der Waals surface area contributed by atoms with Crippen molar-refractivity contribution in [2.75, 3.05) is 13.2 Å². The molecule has 0 radical (unpaired) electrons. The number of rotatable bonds is 5. The number of halogens is 1. The number of nitrogens with zero attached hydrogens (tertiary/aromatic N) is 1. The second-order valence-electron chi connectivity index (χ2n) is 2.99. The number of hydrogen-bond acceptors (Lipinski definition) is 5. The van der Waals surface area contributed by atoms with Gasteiger partial charge in [-0.15, -0.1) is 0 Å². The maximum atomic E-state index is 11.6. The molecule has 0 bridgehead atoms. The minimum Gasteiger partial charge on any atom is -0.395 e. The Morgan fingerprint density at radius 3 is 2.65 bits per heavy atom. The van der Waals surface area contributed by atoms with Gasteiger partial charge in [0, 0.05) is 12.6 Å². The first kappa shape index (κ1) is 13.8. The lowest BCUT2D eigenvalue weighted by molar-refractivity contribution is -0.384. The maximum absolute atomic E-state index is 11.6. The summed E-state index contributed by atoms with van der Waals surface area (Å²) in [5.74, 6) is 0. The molecule has 9 heteroatoms. The van der Waals surface area contributed by atoms with E-state index in [4.69, 9.17) is 16.7 Å². The Bertz CT molecular complexity index is 531. The van der Waals surface area contributed by atoms with Gasteiger partial charge < -0.3 is 5.11 Å². The number of nitro benzene ring substituents is 1. The van der Waals surface area contributed by atoms with Crippen molar-refractivity contribution in [2.24, 2.45) is 0 Å². The number of nitrogens with one attached hydrogen (secondary N) is 1. The van der Waals surface area contributed by atoms with Crippen molar-refractivity contribution in [1.82, 2.24) is 4.72 Å². The van der Waals surface area contributed by atoms with E-state index >= 15 is 0 Å². The van der Waals surface area contributed by atoms with E-state index in [-0.39, 0.29) is 23.1 Å². The highest BCUT2D eigenvalue weighted by Crippen LogP contribution is 2.26. The molecule has 0 atom stereocenters. The summed E-state index contributed by atoms with van der Waals surface area (Å²) in [5.41, 5.74) is -0.487. The van der Waals surface area contributed by atoms with Crippen LogP contribution in [0.25, 0.3) is 0 Å². The Hall–Kier alpha value is -1.22. The number of nitro groups is 1. The first-order valence-electron chi connectivity index (χ1n) is 4.43. The number of hydrogen-bond donors (Lipinski definition) is 2. The van der Waals surface area contributed by atoms with Crippen LogP contribution in [-0.4, -0.2) is 31.6 Å². The third-order valence-electron chi connectivity index (χ3n) is 1.83. The second-order valence-corrected chi connectivity index (χ2v) is 5.17. The molecule has 0 saturated heterocycles. The van der Waals surface area contributed by atoms with E-state index in [1.807, 2.05) is 0 Å². The van der Waals surface area contributed by atoms with Crippen molar-refractivity contribution in [3.8, 4) is 0 Å². The molecule has 17 heavy (non-hydrogen) atoms. The van der Waals surface area contributed by atoms with Crippen LogP contribution in [0.4, 0.5) is 5.69 Å². The van der Waals surface area contributed by atoms with Crippen LogP contribution in [0.2, 0.25) is 5.02 Å². The molecule has 0 saturated carbocycles. The van der Waals surface area contributed by atoms with Gasteiger partial charge in [-0.3, -0.25) is 10.1 Å². The molecule has 0 amide bonds. The SMILES string of the molecule is O=[N+]([O-])c1cc(S(=O)(=O)NCCO)ccc1Cl. The van der Waals surface area contributed by atoms with Crippen LogP contribution in [-0.2, 0) is 10.0 Å². The fraction of sp³-hybridized carbons (Fsp3) is 0.250. The number of aliphatic hydroxyl groups is 1. The molecule has 0 fully saturated rings. The summed E-state index contributed by atoms with van der Waals surface area (Å²) in [6.45, 7) is -0.534. The van der Waals surface area contributed by atoms with Crippen LogP contribution in [0.5, 0.6) is 0 Å². The fourth-order valence-corrected chi connectivity index (χ4v) is 2.29. The van der Waals surface area contributed by atoms with Crippen LogP contribution >= 0.6 is 11.6 Å². The van der Waals surface area contributed by atoms with Gasteiger partial charge in [0.05, 0.1) is 16.4 Å². The largest absolute Gasteiger partial charge is 0.395 e. The second kappa shape index (κ2) is 5.41. The molecular formula is C8H9ClN2O5S. The Labute approximate surface area is 102 Å². The monoisotopic (exact) mass is 280 g/mol. The molecule has 94 valence electrons. The molecule has 0 heterocycles. The van der Waals surface area contributed by atoms with Gasteiger partial charge in [0.2, 0.25) is 10.0 Å². The number of benzene rings is 1. The summed E-state index contributed by atoms with van der Waals surface area (Å²) in [4.78, 5) is 9.53. The molecule has 0 aliphatic rings. The fourth-order valence-electron chi connectivity index (χ4n) is 1.06. The van der Waals surface area contributed by atoms with Crippen LogP contribution in [0.1, 0.15) is 0 Å². The quantitative estimate of drug-likeness (QED) is 0.603. The third-order valence-corrected chi connectivity index (χ3v) is 3.61. The standard InChI is InChI=1S/C8H9ClN2O5S/c9-7-2-1-6(5-8(7)11(13)14)17(15,16)10-3-4-12/h1-2,5,10,12H,3-4H2. The maximum Gasteiger partial charge on any atom is 0.289 e. The van der Waals surface area contributed by atoms with Gasteiger partial charge in [0.25, 0.3) is 5.69 Å². The minimum absolute atomic E-state index is 0.142. The molecule has 1 aromatic rings. The van der Waals surface area contributed by atoms with Gasteiger partial charge in [0.1, 0.15) is 5.02 Å². The summed E-state index contributed by atoms with van der Waals surface area (Å²) < 4.78 is 25.2. The zero-order valence-corrected chi connectivity index (χ0v) is 10.0. The lowest BCUT2D eigenvalue weighted by Gasteiger charge is -2.05. The van der Waals surface area contributed by atoms with Crippen molar-refractivity contribution in [1.29, 1.82) is 0 Å². The predicted octanol–water partition coefficient (Wildman–Crippen LogP) is 0.519. The molecular weight excluding hydrogens is 272 g/mol. The summed E-state index contributed by atoms with van der Waals surface area (Å²) in [7, 11) is -3.87. The van der Waals surface area contributed by atoms with Gasteiger partial charge in [-0.25, -0.2) is 13.1 Å². The van der Waals surface area contributed by atoms with Crippen molar-refractivity contribution < 1.29 is 18.4 Å². The van der Waals surface area contributed by atoms with Gasteiger partial charge in [-0.05, 0) is 12.1 Å². The average Bonchev–Trinajstić information content (AvgIpc) is 2.26. The molecule has 0 spiro atoms. The van der Waals surface area contributed by atoms with Crippen molar-refractivity contribution in [2.45, 2.75) is 4.90 Å². The Morgan fingerprint density at radius 2 is 2.12 bits per heavy atom. The van der Waals surface area contributed by atoms with Gasteiger partial charge in [-0.1, -0.05) is 11.6 Å². The van der Waals surface area contributed by atoms with E-state index < -0.39 is 20.6 Å². The van der Waals surface area contributed by atoms with E-state index in [2.05, 4.69) is 4.72 Å². The zero-order chi connectivity index (χ0) is 13.1. The zero-order valence-electron chi connectivity index (χ0n) is 8.46. The molecule has 0 aliphatic heterocycles. The topological polar surface area (TPSA) is 110 Å². The first-order chi connectivity index (χ1) is 7.88. The molecule has 7 nitrogen and oxygen atoms in total. The van der Waals surface area contributed by atoms with Crippen molar-refractivity contribution >= 4 is 27.3 Å². The van der Waals surface area contributed by atoms with Crippen LogP contribution in [0.15, 0.2) is 23.1 Å². The highest BCUT2D eigenvalue weighted by atomic mass is 35.5. The first-order valence-corrected chi connectivity index (χ1v) is 6.29. The predicted molar refractivity (Wildman–Crippen MR) is 60.4 cm³/mol. The van der Waals surface area contributed by atoms with Crippen LogP contribution in [0.3, 0.4) is 0 Å². The van der Waals surface area contributed by atoms with Crippen molar-refractivity contribution in [3.05, 3.63) is 33.3 Å². The molecule has 0 unspecified atom stereocenters. The highest BCUT2D eigenvalue weighted by Gasteiger charge is 2.19. The summed E-state index contributed by atoms with van der Waals surface area (Å²) in [6, 6.07) is 3.14. The van der Waals surface area contributed by atoms with Gasteiger partial charge in [-0.2, -0.15) is 0 Å². The van der Waals surface area contributed by atoms with E-state index in [9.17, 15) is 18.5 Å². The molecule has 1 rings (SSSR count). The smallest absolute Gasteiger partial charge is 0.289 e. The van der Waals surface area contributed by atoms with E-state index in [1.165, 1.54) is 0 Å². The third kappa shape index (κ3) is 3.37. The van der Waals surface area contributed by atoms with Gasteiger partial charge >= 0.3 is 0 Å². The minimum atomic E-state index is -3.87. The van der Waals surface area contributed by atoms with Gasteiger partial charge in [0.15, 0.2) is 0 Å². The van der Waals surface area contributed by atoms with Crippen molar-refractivity contribution in [3.63, 3.8) is 0 Å². The summed E-state index contributed by atoms with van der Waals surface area (Å²) in [6.07, 6.45) is 0. The number of sulfonamides is 1. The average molecular weight is 281 g/mol. The molecule has 2 N–H and O–H groups in total. The Kier molecular flexibility index (Phi) is 4.40. The molecule has 1 aromatic carbocycles. The molecule has 0 aliphatic carbocycles. The van der Waals surface area contributed by atoms with E-state index in [1.54, 1.807) is 0 Å². The normalized spacial score (nSPS) is 11.4. The lowest BCUT2D eigenvalue weighted by Crippen LogP contribution is -2.26. The summed E-state index contributed by atoms with van der Waals surface area (Å²) in [5, 5.41) is 18.9. The van der Waals surface area contributed by atoms with Crippen LogP contribution in [0, 0.1) is 10.1 Å². The summed E-state index contributed by atoms with van der Waals surface area (Å²) >= 11 is 5.55. The van der Waals surface area contributed by atoms with E-state index in [0.717, 1.165) is 18.2 Å². The van der Waals surface area contributed by atoms with E-state index in [0.29, 0.717) is 0 Å². The highest BCUT2D eigenvalue weighted by molar-refractivity contribution is 7.89. The Morgan fingerprint density at radius 1 is 1.47 bits per heavy atom. The molecule has 0 aromatic heterocycles. The number of aliphatic hydroxyl groups excluding tert-OH is 1.